The number of rotatable bonds is 3. The van der Waals surface area contributed by atoms with Gasteiger partial charge in [0.2, 0.25) is 0 Å². The minimum absolute atomic E-state index is 0.0716. The molecule has 1 aliphatic heterocycles. The van der Waals surface area contributed by atoms with Crippen LogP contribution >= 0.6 is 0 Å². The number of aromatic nitrogens is 3. The SMILES string of the molecule is CCn1cc([C@@H]2CS(=O)(=O)CCN2C(=O)c2ccc(F)cn2)cn1. The van der Waals surface area contributed by atoms with Crippen LogP contribution in [0.5, 0.6) is 0 Å². The van der Waals surface area contributed by atoms with Crippen molar-refractivity contribution in [1.29, 1.82) is 0 Å². The summed E-state index contributed by atoms with van der Waals surface area (Å²) in [4.78, 5) is 18.0. The Balaban J connectivity index is 1.94. The Morgan fingerprint density at radius 2 is 2.17 bits per heavy atom. The summed E-state index contributed by atoms with van der Waals surface area (Å²) in [6.07, 6.45) is 4.29. The number of sulfone groups is 1. The van der Waals surface area contributed by atoms with Crippen molar-refractivity contribution >= 4 is 15.7 Å². The summed E-state index contributed by atoms with van der Waals surface area (Å²) in [6, 6.07) is 1.83. The van der Waals surface area contributed by atoms with Gasteiger partial charge >= 0.3 is 0 Å². The van der Waals surface area contributed by atoms with E-state index < -0.39 is 27.6 Å². The fraction of sp³-hybridized carbons (Fsp3) is 0.400. The standard InChI is InChI=1S/C15H17FN4O3S/c1-2-19-9-11(7-18-19)14-10-24(22,23)6-5-20(14)15(21)13-4-3-12(16)8-17-13/h3-4,7-9,14H,2,5-6,10H2,1H3/t14-/m0/s1. The van der Waals surface area contributed by atoms with Crippen LogP contribution in [0.15, 0.2) is 30.7 Å². The van der Waals surface area contributed by atoms with Crippen LogP contribution in [0.25, 0.3) is 0 Å². The molecule has 3 heterocycles. The lowest BCUT2D eigenvalue weighted by Gasteiger charge is -2.34. The zero-order valence-electron chi connectivity index (χ0n) is 13.1. The number of pyridine rings is 1. The first-order valence-corrected chi connectivity index (χ1v) is 9.37. The molecule has 0 radical (unpaired) electrons. The first-order chi connectivity index (χ1) is 11.4. The van der Waals surface area contributed by atoms with Gasteiger partial charge in [-0.2, -0.15) is 5.10 Å². The number of hydrogen-bond donors (Lipinski definition) is 0. The number of hydrogen-bond acceptors (Lipinski definition) is 5. The van der Waals surface area contributed by atoms with E-state index in [9.17, 15) is 17.6 Å². The lowest BCUT2D eigenvalue weighted by molar-refractivity contribution is 0.0691. The van der Waals surface area contributed by atoms with Gasteiger partial charge in [0.25, 0.3) is 5.91 Å². The number of amides is 1. The highest BCUT2D eigenvalue weighted by atomic mass is 32.2. The van der Waals surface area contributed by atoms with Crippen molar-refractivity contribution in [3.8, 4) is 0 Å². The molecule has 1 aliphatic rings. The maximum absolute atomic E-state index is 13.0. The predicted octanol–water partition coefficient (Wildman–Crippen LogP) is 1.05. The topological polar surface area (TPSA) is 85.2 Å². The molecule has 9 heteroatoms. The summed E-state index contributed by atoms with van der Waals surface area (Å²) in [6.45, 7) is 2.63. The Hall–Kier alpha value is -2.29. The van der Waals surface area contributed by atoms with Crippen LogP contribution in [0, 0.1) is 5.82 Å². The third-order valence-corrected chi connectivity index (χ3v) is 5.63. The van der Waals surface area contributed by atoms with Crippen molar-refractivity contribution < 1.29 is 17.6 Å². The van der Waals surface area contributed by atoms with Crippen molar-refractivity contribution in [2.45, 2.75) is 19.5 Å². The van der Waals surface area contributed by atoms with Crippen molar-refractivity contribution in [2.75, 3.05) is 18.1 Å². The zero-order valence-corrected chi connectivity index (χ0v) is 13.9. The van der Waals surface area contributed by atoms with Gasteiger partial charge in [0, 0.05) is 24.8 Å². The van der Waals surface area contributed by atoms with E-state index in [1.807, 2.05) is 6.92 Å². The number of carbonyl (C=O) groups is 1. The van der Waals surface area contributed by atoms with Crippen molar-refractivity contribution in [2.24, 2.45) is 0 Å². The average Bonchev–Trinajstić information content (AvgIpc) is 3.03. The van der Waals surface area contributed by atoms with Gasteiger partial charge in [-0.3, -0.25) is 9.48 Å². The van der Waals surface area contributed by atoms with E-state index >= 15 is 0 Å². The van der Waals surface area contributed by atoms with Gasteiger partial charge in [0.05, 0.1) is 29.9 Å². The van der Waals surface area contributed by atoms with Gasteiger partial charge in [-0.05, 0) is 19.1 Å². The fourth-order valence-electron chi connectivity index (χ4n) is 2.70. The molecular formula is C15H17FN4O3S. The maximum Gasteiger partial charge on any atom is 0.273 e. The largest absolute Gasteiger partial charge is 0.328 e. The van der Waals surface area contributed by atoms with Crippen LogP contribution in [0.2, 0.25) is 0 Å². The predicted molar refractivity (Wildman–Crippen MR) is 84.5 cm³/mol. The molecule has 128 valence electrons. The highest BCUT2D eigenvalue weighted by Gasteiger charge is 2.36. The third kappa shape index (κ3) is 3.30. The zero-order chi connectivity index (χ0) is 17.3. The van der Waals surface area contributed by atoms with Gasteiger partial charge < -0.3 is 4.90 Å². The average molecular weight is 352 g/mol. The fourth-order valence-corrected chi connectivity index (χ4v) is 4.20. The van der Waals surface area contributed by atoms with E-state index in [0.29, 0.717) is 12.1 Å². The summed E-state index contributed by atoms with van der Waals surface area (Å²) < 4.78 is 38.7. The molecule has 0 aliphatic carbocycles. The van der Waals surface area contributed by atoms with Gasteiger partial charge in [-0.1, -0.05) is 0 Å². The molecule has 2 aromatic rings. The molecule has 0 unspecified atom stereocenters. The summed E-state index contributed by atoms with van der Waals surface area (Å²) in [5.74, 6) is -1.21. The van der Waals surface area contributed by atoms with Crippen molar-refractivity contribution in [3.63, 3.8) is 0 Å². The van der Waals surface area contributed by atoms with Crippen LogP contribution in [-0.4, -0.2) is 52.0 Å². The van der Waals surface area contributed by atoms with Gasteiger partial charge in [0.15, 0.2) is 9.84 Å². The van der Waals surface area contributed by atoms with E-state index in [2.05, 4.69) is 10.1 Å². The third-order valence-electron chi connectivity index (χ3n) is 4.00. The molecule has 0 aromatic carbocycles. The monoisotopic (exact) mass is 352 g/mol. The Labute approximate surface area is 139 Å². The summed E-state index contributed by atoms with van der Waals surface area (Å²) in [7, 11) is -3.24. The van der Waals surface area contributed by atoms with E-state index in [4.69, 9.17) is 0 Å². The molecule has 1 fully saturated rings. The second kappa shape index (κ2) is 6.31. The van der Waals surface area contributed by atoms with Gasteiger partial charge in [0.1, 0.15) is 11.5 Å². The number of carbonyl (C=O) groups excluding carboxylic acids is 1. The normalized spacial score (nSPS) is 20.1. The van der Waals surface area contributed by atoms with Crippen LogP contribution in [-0.2, 0) is 16.4 Å². The molecule has 0 bridgehead atoms. The first kappa shape index (κ1) is 16.6. The molecule has 3 rings (SSSR count). The van der Waals surface area contributed by atoms with Crippen molar-refractivity contribution in [1.82, 2.24) is 19.7 Å². The Kier molecular flexibility index (Phi) is 4.35. The minimum Gasteiger partial charge on any atom is -0.328 e. The number of nitrogens with zero attached hydrogens (tertiary/aromatic N) is 4. The molecular weight excluding hydrogens is 335 g/mol. The molecule has 7 nitrogen and oxygen atoms in total. The highest BCUT2D eigenvalue weighted by molar-refractivity contribution is 7.91. The second-order valence-corrected chi connectivity index (χ2v) is 7.85. The quantitative estimate of drug-likeness (QED) is 0.824. The van der Waals surface area contributed by atoms with Crippen LogP contribution in [0.1, 0.15) is 29.0 Å². The van der Waals surface area contributed by atoms with E-state index in [1.165, 1.54) is 11.0 Å². The van der Waals surface area contributed by atoms with Crippen LogP contribution in [0.3, 0.4) is 0 Å². The van der Waals surface area contributed by atoms with Crippen LogP contribution in [0.4, 0.5) is 4.39 Å². The van der Waals surface area contributed by atoms with Gasteiger partial charge in [-0.25, -0.2) is 17.8 Å². The van der Waals surface area contributed by atoms with E-state index in [1.54, 1.807) is 17.1 Å². The molecule has 0 N–H and O–H groups in total. The second-order valence-electron chi connectivity index (χ2n) is 5.62. The molecule has 2 aromatic heterocycles. The lowest BCUT2D eigenvalue weighted by atomic mass is 10.1. The molecule has 1 amide bonds. The first-order valence-electron chi connectivity index (χ1n) is 7.55. The smallest absolute Gasteiger partial charge is 0.273 e. The Morgan fingerprint density at radius 3 is 2.79 bits per heavy atom. The summed E-state index contributed by atoms with van der Waals surface area (Å²) >= 11 is 0. The molecule has 24 heavy (non-hydrogen) atoms. The molecule has 0 saturated carbocycles. The van der Waals surface area contributed by atoms with Crippen molar-refractivity contribution in [3.05, 3.63) is 47.8 Å². The van der Waals surface area contributed by atoms with E-state index in [-0.39, 0.29) is 23.7 Å². The highest BCUT2D eigenvalue weighted by Crippen LogP contribution is 2.28. The summed E-state index contributed by atoms with van der Waals surface area (Å²) in [5.41, 5.74) is 0.749. The number of halogens is 1. The molecule has 0 spiro atoms. The number of aryl methyl sites for hydroxylation is 1. The van der Waals surface area contributed by atoms with Crippen LogP contribution < -0.4 is 0 Å². The Morgan fingerprint density at radius 1 is 1.38 bits per heavy atom. The van der Waals surface area contributed by atoms with Gasteiger partial charge in [-0.15, -0.1) is 0 Å². The molecule has 1 saturated heterocycles. The van der Waals surface area contributed by atoms with E-state index in [0.717, 1.165) is 12.3 Å². The lowest BCUT2D eigenvalue weighted by Crippen LogP contribution is -2.46. The maximum atomic E-state index is 13.0. The summed E-state index contributed by atoms with van der Waals surface area (Å²) in [5, 5.41) is 4.15. The minimum atomic E-state index is -3.24. The molecule has 1 atom stereocenters. The Bertz CT molecular complexity index is 848.